The normalized spacial score (nSPS) is 15.1. The van der Waals surface area contributed by atoms with Crippen molar-refractivity contribution in [2.75, 3.05) is 43.3 Å². The van der Waals surface area contributed by atoms with Gasteiger partial charge in [-0.25, -0.2) is 0 Å². The van der Waals surface area contributed by atoms with Gasteiger partial charge < -0.3 is 20.3 Å². The molecule has 0 aliphatic heterocycles. The number of nitrogens with one attached hydrogen (secondary N) is 2. The summed E-state index contributed by atoms with van der Waals surface area (Å²) in [5, 5.41) is 6.74. The fraction of sp³-hybridized carbons (Fsp3) is 0.192. The zero-order chi connectivity index (χ0) is 41.5. The molecule has 294 valence electrons. The van der Waals surface area contributed by atoms with Crippen molar-refractivity contribution in [2.45, 2.75) is 39.3 Å². The first-order chi connectivity index (χ1) is 28.4. The summed E-state index contributed by atoms with van der Waals surface area (Å²) in [5.74, 6) is -0.760. The number of rotatable bonds is 10. The molecule has 0 spiro atoms. The summed E-state index contributed by atoms with van der Waals surface area (Å²) in [5.41, 5.74) is 17.6. The van der Waals surface area contributed by atoms with Crippen molar-refractivity contribution in [3.05, 3.63) is 183 Å². The van der Waals surface area contributed by atoms with E-state index >= 15 is 4.79 Å². The van der Waals surface area contributed by atoms with Crippen molar-refractivity contribution in [2.24, 2.45) is 0 Å². The lowest BCUT2D eigenvalue weighted by Gasteiger charge is -2.31. The summed E-state index contributed by atoms with van der Waals surface area (Å²) in [7, 11) is 7.84. The molecule has 0 saturated carbocycles. The minimum atomic E-state index is -0.354. The zero-order valence-electron chi connectivity index (χ0n) is 35.2. The highest BCUT2D eigenvalue weighted by atomic mass is 16.2. The van der Waals surface area contributed by atoms with Crippen LogP contribution in [0.2, 0.25) is 0 Å². The van der Waals surface area contributed by atoms with E-state index in [0.717, 1.165) is 11.4 Å². The molecule has 6 aromatic carbocycles. The maximum Gasteiger partial charge on any atom is 0.278 e. The van der Waals surface area contributed by atoms with Crippen LogP contribution in [0, 0.1) is 13.8 Å². The van der Waals surface area contributed by atoms with Crippen LogP contribution in [0.5, 0.6) is 0 Å². The van der Waals surface area contributed by atoms with Gasteiger partial charge in [0.1, 0.15) is 0 Å². The van der Waals surface area contributed by atoms with Gasteiger partial charge in [-0.3, -0.25) is 9.59 Å². The molecule has 7 heteroatoms. The topological polar surface area (TPSA) is 64.7 Å². The number of hydrogen-bond acceptors (Lipinski definition) is 4. The largest absolute Gasteiger partial charge is 0.393 e. The highest BCUT2D eigenvalue weighted by Gasteiger charge is 2.45. The molecule has 0 fully saturated rings. The number of carbonyl (C=O) groups excluding carboxylic acids is 2. The van der Waals surface area contributed by atoms with E-state index in [9.17, 15) is 4.79 Å². The smallest absolute Gasteiger partial charge is 0.278 e. The maximum absolute atomic E-state index is 15.1. The highest BCUT2D eigenvalue weighted by molar-refractivity contribution is 6.65. The van der Waals surface area contributed by atoms with Crippen LogP contribution in [-0.4, -0.2) is 46.9 Å². The molecule has 2 aliphatic carbocycles. The zero-order valence-corrected chi connectivity index (χ0v) is 35.2. The van der Waals surface area contributed by atoms with E-state index in [0.29, 0.717) is 16.8 Å². The Balaban J connectivity index is 1.24. The van der Waals surface area contributed by atoms with E-state index in [2.05, 4.69) is 135 Å². The highest BCUT2D eigenvalue weighted by Crippen LogP contribution is 2.49. The van der Waals surface area contributed by atoms with Crippen molar-refractivity contribution in [3.63, 3.8) is 0 Å². The van der Waals surface area contributed by atoms with Crippen LogP contribution < -0.4 is 20.3 Å². The fourth-order valence-corrected chi connectivity index (χ4v) is 9.13. The lowest BCUT2D eigenvalue weighted by Crippen LogP contribution is -2.48. The Kier molecular flexibility index (Phi) is 10.6. The Morgan fingerprint density at radius 1 is 0.525 bits per heavy atom. The molecule has 2 N–H and O–H groups in total. The number of fused-ring (bicyclic) bond motifs is 2. The number of aryl methyl sites for hydroxylation is 2. The van der Waals surface area contributed by atoms with Gasteiger partial charge in [0.05, 0.1) is 11.3 Å². The van der Waals surface area contributed by atoms with Crippen molar-refractivity contribution in [3.8, 4) is 22.3 Å². The molecule has 0 saturated heterocycles. The first kappa shape index (κ1) is 39.2. The third-order valence-corrected chi connectivity index (χ3v) is 12.2. The number of anilines is 3. The van der Waals surface area contributed by atoms with Crippen LogP contribution in [0.3, 0.4) is 0 Å². The van der Waals surface area contributed by atoms with Gasteiger partial charge in [-0.15, -0.1) is 0 Å². The molecule has 0 radical (unpaired) electrons. The molecule has 2 unspecified atom stereocenters. The molecular formula is C52H51BN4O2. The second-order valence-electron chi connectivity index (χ2n) is 16.5. The van der Waals surface area contributed by atoms with Gasteiger partial charge in [-0.05, 0) is 126 Å². The molecule has 59 heavy (non-hydrogen) atoms. The van der Waals surface area contributed by atoms with Gasteiger partial charge >= 0.3 is 0 Å². The van der Waals surface area contributed by atoms with E-state index in [1.807, 2.05) is 80.5 Å². The Morgan fingerprint density at radius 3 is 1.49 bits per heavy atom. The Hall–Kier alpha value is -6.60. The van der Waals surface area contributed by atoms with Gasteiger partial charge in [0.2, 0.25) is 5.91 Å². The van der Waals surface area contributed by atoms with Crippen LogP contribution in [0.25, 0.3) is 34.4 Å². The summed E-state index contributed by atoms with van der Waals surface area (Å²) in [6, 6.07) is 43.3. The van der Waals surface area contributed by atoms with Gasteiger partial charge in [0, 0.05) is 56.8 Å². The van der Waals surface area contributed by atoms with Gasteiger partial charge in [-0.2, -0.15) is 0 Å². The number of carbonyl (C=O) groups is 2. The number of nitrogens with zero attached hydrogens (tertiary/aromatic N) is 2. The van der Waals surface area contributed by atoms with E-state index in [-0.39, 0.29) is 30.3 Å². The number of allylic oxidation sites excluding steroid dienone is 2. The monoisotopic (exact) mass is 774 g/mol. The van der Waals surface area contributed by atoms with Crippen LogP contribution in [0.1, 0.15) is 79.6 Å². The standard InChI is InChI=1S/C52H51BN4O2/c1-32-15-9-11-17-39(32)41-19-13-21-43-46(41)29-34(3)49(43)53(50-35(4)30-47-42(20-14-22-44(47)50)40-18-12-10-16-33(40)2)55-52(59)45-28-27-38(57(7)8)31-48(45)54-51(58)36-23-25-37(26-24-36)56(5)6/h9-31,49-50H,1-8H3,(H,54,58)(H,55,59). The Bertz CT molecular complexity index is 2560. The van der Waals surface area contributed by atoms with E-state index < -0.39 is 0 Å². The SMILES string of the molecule is CC1=Cc2c(-c3ccccc3C)cccc2C1B(NC(=O)c1ccc(N(C)C)cc1NC(=O)c1ccc(N(C)C)cc1)C1C(C)=Cc2c(-c3ccccc3C)cccc21. The molecule has 2 aliphatic rings. The molecular weight excluding hydrogens is 723 g/mol. The Morgan fingerprint density at radius 2 is 1.00 bits per heavy atom. The van der Waals surface area contributed by atoms with Crippen LogP contribution >= 0.6 is 0 Å². The third kappa shape index (κ3) is 7.38. The minimum Gasteiger partial charge on any atom is -0.393 e. The number of hydrogen-bond donors (Lipinski definition) is 2. The van der Waals surface area contributed by atoms with Crippen molar-refractivity contribution >= 4 is 47.9 Å². The molecule has 0 bridgehead atoms. The maximum atomic E-state index is 15.1. The molecule has 2 amide bonds. The second kappa shape index (κ2) is 16.0. The van der Waals surface area contributed by atoms with Crippen molar-refractivity contribution < 1.29 is 9.59 Å². The molecule has 8 rings (SSSR count). The quantitative estimate of drug-likeness (QED) is 0.136. The lowest BCUT2D eigenvalue weighted by atomic mass is 9.38. The van der Waals surface area contributed by atoms with E-state index in [1.165, 1.54) is 66.8 Å². The van der Waals surface area contributed by atoms with Crippen molar-refractivity contribution in [1.82, 2.24) is 5.23 Å². The molecule has 6 nitrogen and oxygen atoms in total. The number of amides is 2. The van der Waals surface area contributed by atoms with Gasteiger partial charge in [0.15, 0.2) is 0 Å². The van der Waals surface area contributed by atoms with Crippen LogP contribution in [0.4, 0.5) is 17.1 Å². The second-order valence-corrected chi connectivity index (χ2v) is 16.5. The van der Waals surface area contributed by atoms with Crippen molar-refractivity contribution in [1.29, 1.82) is 0 Å². The average Bonchev–Trinajstić information content (AvgIpc) is 3.75. The lowest BCUT2D eigenvalue weighted by molar-refractivity contribution is 0.0979. The van der Waals surface area contributed by atoms with E-state index in [4.69, 9.17) is 0 Å². The Labute approximate surface area is 349 Å². The summed E-state index contributed by atoms with van der Waals surface area (Å²) in [4.78, 5) is 32.9. The minimum absolute atomic E-state index is 0.117. The first-order valence-electron chi connectivity index (χ1n) is 20.4. The average molecular weight is 775 g/mol. The van der Waals surface area contributed by atoms with Crippen LogP contribution in [-0.2, 0) is 0 Å². The molecule has 0 aromatic heterocycles. The molecule has 0 heterocycles. The summed E-state index contributed by atoms with van der Waals surface area (Å²) >= 11 is 0. The predicted molar refractivity (Wildman–Crippen MR) is 249 cm³/mol. The first-order valence-corrected chi connectivity index (χ1v) is 20.4. The molecule has 2 atom stereocenters. The summed E-state index contributed by atoms with van der Waals surface area (Å²) < 4.78 is 0. The predicted octanol–water partition coefficient (Wildman–Crippen LogP) is 11.2. The van der Waals surface area contributed by atoms with Gasteiger partial charge in [-0.1, -0.05) is 108 Å². The molecule has 6 aromatic rings. The summed E-state index contributed by atoms with van der Waals surface area (Å²) in [6.45, 7) is 8.36. The number of benzene rings is 6. The fourth-order valence-electron chi connectivity index (χ4n) is 9.13. The van der Waals surface area contributed by atoms with Gasteiger partial charge in [0.25, 0.3) is 12.8 Å². The van der Waals surface area contributed by atoms with Crippen LogP contribution in [0.15, 0.2) is 139 Å². The third-order valence-electron chi connectivity index (χ3n) is 12.2. The summed E-state index contributed by atoms with van der Waals surface area (Å²) in [6.07, 6.45) is 4.64. The van der Waals surface area contributed by atoms with E-state index in [1.54, 1.807) is 0 Å².